The zero-order valence-corrected chi connectivity index (χ0v) is 12.8. The molecule has 0 aliphatic heterocycles. The van der Waals surface area contributed by atoms with Gasteiger partial charge in [0, 0.05) is 18.8 Å². The molecule has 0 saturated carbocycles. The quantitative estimate of drug-likeness (QED) is 0.884. The van der Waals surface area contributed by atoms with Crippen LogP contribution in [0.4, 0.5) is 0 Å². The second-order valence-corrected chi connectivity index (χ2v) is 4.46. The number of nitrogens with one attached hydrogen (secondary N) is 1. The van der Waals surface area contributed by atoms with Crippen LogP contribution in [0.1, 0.15) is 15.9 Å². The Labute approximate surface area is 129 Å². The molecule has 1 aromatic heterocycles. The van der Waals surface area contributed by atoms with Crippen LogP contribution in [0.5, 0.6) is 17.4 Å². The van der Waals surface area contributed by atoms with Crippen molar-refractivity contribution in [2.24, 2.45) is 0 Å². The van der Waals surface area contributed by atoms with E-state index in [0.717, 1.165) is 5.56 Å². The number of rotatable bonds is 6. The monoisotopic (exact) mass is 302 g/mol. The van der Waals surface area contributed by atoms with Gasteiger partial charge in [0.05, 0.1) is 26.9 Å². The number of methoxy groups -OCH3 is 3. The lowest BCUT2D eigenvalue weighted by molar-refractivity contribution is 0.0947. The van der Waals surface area contributed by atoms with Gasteiger partial charge in [0.25, 0.3) is 5.91 Å². The number of amides is 1. The largest absolute Gasteiger partial charge is 0.497 e. The molecule has 2 aromatic rings. The van der Waals surface area contributed by atoms with Crippen molar-refractivity contribution in [3.8, 4) is 17.4 Å². The Morgan fingerprint density at radius 3 is 2.50 bits per heavy atom. The maximum absolute atomic E-state index is 12.3. The molecule has 116 valence electrons. The second-order valence-electron chi connectivity index (χ2n) is 4.46. The molecule has 6 nitrogen and oxygen atoms in total. The number of hydrogen-bond acceptors (Lipinski definition) is 5. The summed E-state index contributed by atoms with van der Waals surface area (Å²) in [7, 11) is 4.62. The summed E-state index contributed by atoms with van der Waals surface area (Å²) < 4.78 is 15.3. The summed E-state index contributed by atoms with van der Waals surface area (Å²) in [4.78, 5) is 16.4. The highest BCUT2D eigenvalue weighted by molar-refractivity contribution is 5.97. The Morgan fingerprint density at radius 1 is 1.09 bits per heavy atom. The topological polar surface area (TPSA) is 69.7 Å². The third kappa shape index (κ3) is 3.66. The third-order valence-electron chi connectivity index (χ3n) is 3.11. The van der Waals surface area contributed by atoms with E-state index in [1.165, 1.54) is 7.11 Å². The van der Waals surface area contributed by atoms with Crippen LogP contribution in [-0.4, -0.2) is 32.2 Å². The first-order chi connectivity index (χ1) is 10.7. The number of benzene rings is 1. The summed E-state index contributed by atoms with van der Waals surface area (Å²) in [6.07, 6.45) is 1.65. The van der Waals surface area contributed by atoms with E-state index in [9.17, 15) is 4.79 Å². The summed E-state index contributed by atoms with van der Waals surface area (Å²) in [6.45, 7) is 0.357. The zero-order valence-electron chi connectivity index (χ0n) is 12.8. The van der Waals surface area contributed by atoms with Crippen molar-refractivity contribution in [2.75, 3.05) is 21.3 Å². The Kier molecular flexibility index (Phi) is 5.19. The van der Waals surface area contributed by atoms with Gasteiger partial charge < -0.3 is 19.5 Å². The van der Waals surface area contributed by atoms with Gasteiger partial charge in [-0.1, -0.05) is 6.07 Å². The minimum Gasteiger partial charge on any atom is -0.497 e. The van der Waals surface area contributed by atoms with Crippen LogP contribution in [-0.2, 0) is 6.54 Å². The van der Waals surface area contributed by atoms with Gasteiger partial charge in [-0.05, 0) is 23.8 Å². The summed E-state index contributed by atoms with van der Waals surface area (Å²) >= 11 is 0. The predicted molar refractivity (Wildman–Crippen MR) is 81.5 cm³/mol. The van der Waals surface area contributed by atoms with E-state index >= 15 is 0 Å². The molecule has 0 aliphatic rings. The zero-order chi connectivity index (χ0) is 15.9. The molecule has 1 amide bonds. The van der Waals surface area contributed by atoms with E-state index in [2.05, 4.69) is 10.3 Å². The molecule has 6 heteroatoms. The number of nitrogens with zero attached hydrogens (tertiary/aromatic N) is 1. The first kappa shape index (κ1) is 15.6. The lowest BCUT2D eigenvalue weighted by atomic mass is 10.1. The highest BCUT2D eigenvalue weighted by Crippen LogP contribution is 2.23. The van der Waals surface area contributed by atoms with Gasteiger partial charge in [-0.3, -0.25) is 4.79 Å². The number of aromatic nitrogens is 1. The predicted octanol–water partition coefficient (Wildman–Crippen LogP) is 2.04. The fourth-order valence-electron chi connectivity index (χ4n) is 1.91. The van der Waals surface area contributed by atoms with Crippen molar-refractivity contribution in [1.29, 1.82) is 0 Å². The smallest absolute Gasteiger partial charge is 0.255 e. The van der Waals surface area contributed by atoms with E-state index in [-0.39, 0.29) is 5.91 Å². The number of carbonyl (C=O) groups excluding carboxylic acids is 1. The molecule has 0 radical (unpaired) electrons. The van der Waals surface area contributed by atoms with E-state index < -0.39 is 0 Å². The summed E-state index contributed by atoms with van der Waals surface area (Å²) in [5.41, 5.74) is 1.29. The molecule has 1 N–H and O–H groups in total. The van der Waals surface area contributed by atoms with Crippen LogP contribution in [0.15, 0.2) is 36.5 Å². The van der Waals surface area contributed by atoms with Gasteiger partial charge in [0.2, 0.25) is 5.88 Å². The van der Waals surface area contributed by atoms with Crippen molar-refractivity contribution >= 4 is 5.91 Å². The highest BCUT2D eigenvalue weighted by Gasteiger charge is 2.13. The van der Waals surface area contributed by atoms with Gasteiger partial charge in [-0.25, -0.2) is 4.98 Å². The Balaban J connectivity index is 2.08. The van der Waals surface area contributed by atoms with E-state index in [1.807, 2.05) is 6.07 Å². The summed E-state index contributed by atoms with van der Waals surface area (Å²) in [6, 6.07) is 8.66. The summed E-state index contributed by atoms with van der Waals surface area (Å²) in [5, 5.41) is 2.82. The minimum absolute atomic E-state index is 0.244. The lowest BCUT2D eigenvalue weighted by Crippen LogP contribution is -2.23. The Morgan fingerprint density at radius 2 is 1.91 bits per heavy atom. The van der Waals surface area contributed by atoms with Crippen molar-refractivity contribution in [3.63, 3.8) is 0 Å². The molecule has 0 atom stereocenters. The average molecular weight is 302 g/mol. The van der Waals surface area contributed by atoms with Crippen LogP contribution < -0.4 is 19.5 Å². The van der Waals surface area contributed by atoms with E-state index in [1.54, 1.807) is 44.7 Å². The average Bonchev–Trinajstić information content (AvgIpc) is 2.59. The summed E-state index contributed by atoms with van der Waals surface area (Å²) in [5.74, 6) is 1.37. The molecule has 0 fully saturated rings. The standard InChI is InChI=1S/C16H18N2O4/c1-20-12-5-6-14(21-2)13(8-12)16(19)18-10-11-4-7-15(22-3)17-9-11/h4-9H,10H2,1-3H3,(H,18,19). The second kappa shape index (κ2) is 7.31. The SMILES string of the molecule is COc1ccc(OC)c(C(=O)NCc2ccc(OC)nc2)c1. The third-order valence-corrected chi connectivity index (χ3v) is 3.11. The van der Waals surface area contributed by atoms with Gasteiger partial charge in [0.15, 0.2) is 0 Å². The molecule has 2 rings (SSSR count). The molecular formula is C16H18N2O4. The van der Waals surface area contributed by atoms with Crippen molar-refractivity contribution in [1.82, 2.24) is 10.3 Å². The number of ether oxygens (including phenoxy) is 3. The highest BCUT2D eigenvalue weighted by atomic mass is 16.5. The van der Waals surface area contributed by atoms with E-state index in [0.29, 0.717) is 29.5 Å². The van der Waals surface area contributed by atoms with Gasteiger partial charge in [-0.2, -0.15) is 0 Å². The van der Waals surface area contributed by atoms with Gasteiger partial charge >= 0.3 is 0 Å². The van der Waals surface area contributed by atoms with Crippen molar-refractivity contribution in [3.05, 3.63) is 47.7 Å². The molecule has 1 heterocycles. The number of pyridine rings is 1. The van der Waals surface area contributed by atoms with Crippen LogP contribution in [0, 0.1) is 0 Å². The normalized spacial score (nSPS) is 9.95. The van der Waals surface area contributed by atoms with Crippen LogP contribution >= 0.6 is 0 Å². The van der Waals surface area contributed by atoms with E-state index in [4.69, 9.17) is 14.2 Å². The maximum atomic E-state index is 12.3. The maximum Gasteiger partial charge on any atom is 0.255 e. The number of carbonyl (C=O) groups is 1. The molecule has 0 spiro atoms. The number of hydrogen-bond donors (Lipinski definition) is 1. The van der Waals surface area contributed by atoms with Crippen LogP contribution in [0.25, 0.3) is 0 Å². The van der Waals surface area contributed by atoms with Crippen molar-refractivity contribution in [2.45, 2.75) is 6.54 Å². The first-order valence-electron chi connectivity index (χ1n) is 6.67. The minimum atomic E-state index is -0.244. The molecule has 0 bridgehead atoms. The Bertz CT molecular complexity index is 641. The van der Waals surface area contributed by atoms with Gasteiger partial charge in [0.1, 0.15) is 11.5 Å². The van der Waals surface area contributed by atoms with Gasteiger partial charge in [-0.15, -0.1) is 0 Å². The molecular weight excluding hydrogens is 284 g/mol. The first-order valence-corrected chi connectivity index (χ1v) is 6.67. The lowest BCUT2D eigenvalue weighted by Gasteiger charge is -2.11. The van der Waals surface area contributed by atoms with Crippen LogP contribution in [0.3, 0.4) is 0 Å². The molecule has 1 aromatic carbocycles. The molecule has 0 aliphatic carbocycles. The molecule has 0 unspecified atom stereocenters. The fourth-order valence-corrected chi connectivity index (χ4v) is 1.91. The Hall–Kier alpha value is -2.76. The fraction of sp³-hybridized carbons (Fsp3) is 0.250. The molecule has 0 saturated heterocycles. The molecule has 22 heavy (non-hydrogen) atoms. The van der Waals surface area contributed by atoms with Crippen molar-refractivity contribution < 1.29 is 19.0 Å². The van der Waals surface area contributed by atoms with Crippen LogP contribution in [0.2, 0.25) is 0 Å².